The molecule has 1 aromatic rings. The minimum Gasteiger partial charge on any atom is -0.479 e. The molecular weight excluding hydrogens is 330 g/mol. The maximum Gasteiger partial charge on any atom is 0.331 e. The number of likely N-dealkylation sites (tertiary alicyclic amines) is 1. The molecule has 0 bridgehead atoms. The molecule has 2 N–H and O–H groups in total. The molecule has 7 heteroatoms. The molecule has 1 aliphatic rings. The quantitative estimate of drug-likeness (QED) is 0.790. The van der Waals surface area contributed by atoms with E-state index in [1.54, 1.807) is 0 Å². The maximum atomic E-state index is 13.8. The first-order valence-corrected chi connectivity index (χ1v) is 8.60. The normalized spacial score (nSPS) is 17.2. The van der Waals surface area contributed by atoms with E-state index in [1.165, 1.54) is 0 Å². The van der Waals surface area contributed by atoms with Crippen molar-refractivity contribution in [3.05, 3.63) is 35.4 Å². The number of nitrogens with one attached hydrogen (secondary N) is 1. The average molecular weight is 354 g/mol. The lowest BCUT2D eigenvalue weighted by molar-refractivity contribution is -0.142. The summed E-state index contributed by atoms with van der Waals surface area (Å²) >= 11 is 0. The van der Waals surface area contributed by atoms with Crippen LogP contribution in [0.2, 0.25) is 0 Å². The minimum absolute atomic E-state index is 0.195. The maximum absolute atomic E-state index is 13.8. The molecule has 5 nitrogen and oxygen atoms in total. The first-order valence-electron chi connectivity index (χ1n) is 8.60. The molecular formula is C18H24F2N2O3. The first-order chi connectivity index (χ1) is 11.9. The number of amides is 1. The molecule has 0 saturated carbocycles. The summed E-state index contributed by atoms with van der Waals surface area (Å²) in [5.74, 6) is -3.39. The van der Waals surface area contributed by atoms with Gasteiger partial charge in [-0.3, -0.25) is 4.79 Å². The topological polar surface area (TPSA) is 69.6 Å². The number of carbonyl (C=O) groups is 2. The average Bonchev–Trinajstić information content (AvgIpc) is 2.55. The molecule has 0 unspecified atom stereocenters. The second-order valence-corrected chi connectivity index (χ2v) is 6.49. The third-order valence-corrected chi connectivity index (χ3v) is 4.55. The third kappa shape index (κ3) is 5.49. The van der Waals surface area contributed by atoms with Gasteiger partial charge in [0.25, 0.3) is 0 Å². The molecule has 1 aliphatic heterocycles. The van der Waals surface area contributed by atoms with Gasteiger partial charge >= 0.3 is 5.97 Å². The molecule has 0 radical (unpaired) electrons. The Morgan fingerprint density at radius 1 is 1.32 bits per heavy atom. The van der Waals surface area contributed by atoms with Gasteiger partial charge in [-0.25, -0.2) is 13.6 Å². The van der Waals surface area contributed by atoms with Crippen LogP contribution in [0.25, 0.3) is 0 Å². The van der Waals surface area contributed by atoms with Gasteiger partial charge in [-0.05, 0) is 50.9 Å². The van der Waals surface area contributed by atoms with Crippen molar-refractivity contribution in [3.8, 4) is 0 Å². The summed E-state index contributed by atoms with van der Waals surface area (Å²) in [6.07, 6.45) is 3.08. The molecule has 2 rings (SSSR count). The van der Waals surface area contributed by atoms with Gasteiger partial charge in [-0.15, -0.1) is 0 Å². The number of benzene rings is 1. The summed E-state index contributed by atoms with van der Waals surface area (Å²) in [6, 6.07) is 1.12. The Balaban J connectivity index is 1.94. The highest BCUT2D eigenvalue weighted by molar-refractivity contribution is 5.84. The lowest BCUT2D eigenvalue weighted by Gasteiger charge is -2.31. The second kappa shape index (κ2) is 8.89. The number of hydrogen-bond donors (Lipinski definition) is 2. The van der Waals surface area contributed by atoms with Crippen LogP contribution in [-0.2, 0) is 9.59 Å². The van der Waals surface area contributed by atoms with E-state index >= 15 is 0 Å². The SMILES string of the molecule is CCCN1CCC(CC(=O)N[C@H](C(=O)O)c2ccc(F)cc2F)CC1. The fraction of sp³-hybridized carbons (Fsp3) is 0.556. The Bertz CT molecular complexity index is 616. The van der Waals surface area contributed by atoms with E-state index in [0.29, 0.717) is 6.07 Å². The van der Waals surface area contributed by atoms with Gasteiger partial charge in [0.1, 0.15) is 11.6 Å². The molecule has 1 amide bonds. The van der Waals surface area contributed by atoms with Crippen LogP contribution in [0.1, 0.15) is 44.2 Å². The number of nitrogens with zero attached hydrogens (tertiary/aromatic N) is 1. The van der Waals surface area contributed by atoms with Crippen LogP contribution in [0.3, 0.4) is 0 Å². The molecule has 1 atom stereocenters. The van der Waals surface area contributed by atoms with Crippen LogP contribution in [0, 0.1) is 17.6 Å². The van der Waals surface area contributed by atoms with E-state index in [2.05, 4.69) is 17.1 Å². The fourth-order valence-corrected chi connectivity index (χ4v) is 3.22. The van der Waals surface area contributed by atoms with E-state index < -0.39 is 29.6 Å². The number of halogens is 2. The van der Waals surface area contributed by atoms with Crippen molar-refractivity contribution in [1.29, 1.82) is 0 Å². The van der Waals surface area contributed by atoms with Crippen molar-refractivity contribution in [2.75, 3.05) is 19.6 Å². The highest BCUT2D eigenvalue weighted by Crippen LogP contribution is 2.22. The monoisotopic (exact) mass is 354 g/mol. The van der Waals surface area contributed by atoms with Crippen LogP contribution < -0.4 is 5.32 Å². The van der Waals surface area contributed by atoms with Crippen molar-refractivity contribution in [2.45, 2.75) is 38.6 Å². The van der Waals surface area contributed by atoms with Gasteiger partial charge in [0.15, 0.2) is 6.04 Å². The van der Waals surface area contributed by atoms with Gasteiger partial charge in [-0.1, -0.05) is 13.0 Å². The van der Waals surface area contributed by atoms with Crippen LogP contribution in [0.15, 0.2) is 18.2 Å². The van der Waals surface area contributed by atoms with Gasteiger partial charge < -0.3 is 15.3 Å². The third-order valence-electron chi connectivity index (χ3n) is 4.55. The Labute approximate surface area is 146 Å². The van der Waals surface area contributed by atoms with Crippen LogP contribution in [0.4, 0.5) is 8.78 Å². The lowest BCUT2D eigenvalue weighted by atomic mass is 9.93. The lowest BCUT2D eigenvalue weighted by Crippen LogP contribution is -2.38. The molecule has 1 fully saturated rings. The molecule has 25 heavy (non-hydrogen) atoms. The van der Waals surface area contributed by atoms with E-state index in [4.69, 9.17) is 0 Å². The number of carboxylic acid groups (broad SMARTS) is 1. The zero-order valence-corrected chi connectivity index (χ0v) is 14.3. The summed E-state index contributed by atoms with van der Waals surface area (Å²) < 4.78 is 26.8. The molecule has 1 aromatic carbocycles. The number of carbonyl (C=O) groups excluding carboxylic acids is 1. The zero-order valence-electron chi connectivity index (χ0n) is 14.3. The highest BCUT2D eigenvalue weighted by Gasteiger charge is 2.27. The molecule has 0 spiro atoms. The zero-order chi connectivity index (χ0) is 18.4. The van der Waals surface area contributed by atoms with Gasteiger partial charge in [0.2, 0.25) is 5.91 Å². The van der Waals surface area contributed by atoms with Crippen molar-refractivity contribution < 1.29 is 23.5 Å². The summed E-state index contributed by atoms with van der Waals surface area (Å²) in [7, 11) is 0. The Morgan fingerprint density at radius 3 is 2.56 bits per heavy atom. The Kier molecular flexibility index (Phi) is 6.87. The van der Waals surface area contributed by atoms with Crippen molar-refractivity contribution in [1.82, 2.24) is 10.2 Å². The van der Waals surface area contributed by atoms with Crippen molar-refractivity contribution >= 4 is 11.9 Å². The van der Waals surface area contributed by atoms with E-state index in [0.717, 1.165) is 51.0 Å². The number of piperidine rings is 1. The summed E-state index contributed by atoms with van der Waals surface area (Å²) in [5.41, 5.74) is -0.250. The van der Waals surface area contributed by atoms with Gasteiger partial charge in [-0.2, -0.15) is 0 Å². The Morgan fingerprint density at radius 2 is 2.00 bits per heavy atom. The predicted octanol–water partition coefficient (Wildman–Crippen LogP) is 2.72. The first kappa shape index (κ1) is 19.3. The van der Waals surface area contributed by atoms with E-state index in [1.807, 2.05) is 0 Å². The summed E-state index contributed by atoms with van der Waals surface area (Å²) in [4.78, 5) is 25.9. The summed E-state index contributed by atoms with van der Waals surface area (Å²) in [6.45, 7) is 5.03. The van der Waals surface area contributed by atoms with Crippen LogP contribution in [0.5, 0.6) is 0 Å². The molecule has 138 valence electrons. The molecule has 1 saturated heterocycles. The van der Waals surface area contributed by atoms with Crippen LogP contribution >= 0.6 is 0 Å². The number of rotatable bonds is 7. The number of hydrogen-bond acceptors (Lipinski definition) is 3. The molecule has 0 aromatic heterocycles. The largest absolute Gasteiger partial charge is 0.479 e. The van der Waals surface area contributed by atoms with Crippen molar-refractivity contribution in [2.24, 2.45) is 5.92 Å². The second-order valence-electron chi connectivity index (χ2n) is 6.49. The smallest absolute Gasteiger partial charge is 0.331 e. The minimum atomic E-state index is -1.52. The van der Waals surface area contributed by atoms with Crippen LogP contribution in [-0.4, -0.2) is 41.5 Å². The van der Waals surface area contributed by atoms with Gasteiger partial charge in [0, 0.05) is 18.1 Å². The molecule has 0 aliphatic carbocycles. The van der Waals surface area contributed by atoms with Crippen molar-refractivity contribution in [3.63, 3.8) is 0 Å². The fourth-order valence-electron chi connectivity index (χ4n) is 3.22. The number of carboxylic acids is 1. The highest BCUT2D eigenvalue weighted by atomic mass is 19.1. The standard InChI is InChI=1S/C18H24F2N2O3/c1-2-7-22-8-5-12(6-9-22)10-16(23)21-17(18(24)25)14-4-3-13(19)11-15(14)20/h3-4,11-12,17H,2,5-10H2,1H3,(H,21,23)(H,24,25)/t17-/m0/s1. The Hall–Kier alpha value is -2.02. The predicted molar refractivity (Wildman–Crippen MR) is 88.9 cm³/mol. The summed E-state index contributed by atoms with van der Waals surface area (Å²) in [5, 5.41) is 11.6. The van der Waals surface area contributed by atoms with Gasteiger partial charge in [0.05, 0.1) is 0 Å². The van der Waals surface area contributed by atoms with E-state index in [9.17, 15) is 23.5 Å². The molecule has 1 heterocycles. The number of aliphatic carboxylic acids is 1. The van der Waals surface area contributed by atoms with E-state index in [-0.39, 0.29) is 17.9 Å².